The van der Waals surface area contributed by atoms with Crippen LogP contribution in [0.25, 0.3) is 0 Å². The Labute approximate surface area is 457 Å². The van der Waals surface area contributed by atoms with E-state index in [1.807, 2.05) is 91.0 Å². The Bertz CT molecular complexity index is 3030. The van der Waals surface area contributed by atoms with Crippen LogP contribution >= 0.6 is 0 Å². The Morgan fingerprint density at radius 2 is 0.772 bits per heavy atom. The minimum absolute atomic E-state index is 0.00468. The van der Waals surface area contributed by atoms with E-state index in [2.05, 4.69) is 5.32 Å². The largest absolute Gasteiger partial charge is 0.459 e. The van der Waals surface area contributed by atoms with Gasteiger partial charge in [-0.1, -0.05) is 164 Å². The molecule has 16 nitrogen and oxygen atoms in total. The number of carbonyl (C=O) groups is 5. The first-order valence-electron chi connectivity index (χ1n) is 25.8. The summed E-state index contributed by atoms with van der Waals surface area (Å²) in [5, 5.41) is 3.00. The smallest absolute Gasteiger partial charge is 0.338 e. The number of hydrogen-bond acceptors (Lipinski definition) is 15. The summed E-state index contributed by atoms with van der Waals surface area (Å²) in [5.41, 5.74) is 2.98. The van der Waals surface area contributed by atoms with Gasteiger partial charge in [-0.2, -0.15) is 0 Å². The van der Waals surface area contributed by atoms with Gasteiger partial charge in [-0.05, 0) is 65.2 Å². The number of benzene rings is 7. The minimum atomic E-state index is -1.79. The van der Waals surface area contributed by atoms with Gasteiger partial charge in [0.25, 0.3) is 0 Å². The Kier molecular flexibility index (Phi) is 19.5. The van der Waals surface area contributed by atoms with Crippen LogP contribution in [0.3, 0.4) is 0 Å². The Morgan fingerprint density at radius 3 is 1.24 bits per heavy atom. The van der Waals surface area contributed by atoms with Gasteiger partial charge in [0.05, 0.1) is 48.7 Å². The van der Waals surface area contributed by atoms with Crippen molar-refractivity contribution in [1.29, 1.82) is 0 Å². The van der Waals surface area contributed by atoms with Gasteiger partial charge in [-0.15, -0.1) is 0 Å². The maximum absolute atomic E-state index is 14.5. The molecule has 406 valence electrons. The molecule has 2 aliphatic rings. The van der Waals surface area contributed by atoms with Gasteiger partial charge in [0.1, 0.15) is 37.1 Å². The van der Waals surface area contributed by atoms with Crippen LogP contribution in [0.4, 0.5) is 0 Å². The average molecular weight is 1070 g/mol. The highest BCUT2D eigenvalue weighted by Gasteiger charge is 2.57. The van der Waals surface area contributed by atoms with Crippen molar-refractivity contribution in [2.24, 2.45) is 0 Å². The number of amides is 1. The molecule has 0 bridgehead atoms. The SMILES string of the molecule is CC(=O)N[C@H]1[C@@H](OCc2ccccc2)O[C@H](COCc2ccccc2)[C@@H](O[C@@H]2O[C@H](COC(=O)c3ccccc3)[C@H](OC(=O)c3ccccc3)[C@H](OC(=O)c3ccccc3)[C@H]2OC(=O)c2ccccc2)[C@@H]1OCc1ccccc1. The molecule has 2 heterocycles. The molecule has 7 aromatic rings. The second-order valence-corrected chi connectivity index (χ2v) is 18.6. The number of ether oxygens (including phenoxy) is 10. The normalized spacial score (nSPS) is 22.6. The van der Waals surface area contributed by atoms with Crippen molar-refractivity contribution in [2.45, 2.75) is 88.1 Å². The van der Waals surface area contributed by atoms with Crippen LogP contribution in [-0.2, 0) is 72.0 Å². The van der Waals surface area contributed by atoms with Gasteiger partial charge in [-0.25, -0.2) is 19.2 Å². The maximum Gasteiger partial charge on any atom is 0.338 e. The number of nitrogens with one attached hydrogen (secondary N) is 1. The van der Waals surface area contributed by atoms with E-state index >= 15 is 0 Å². The molecule has 0 unspecified atom stereocenters. The zero-order chi connectivity index (χ0) is 54.8. The first-order valence-corrected chi connectivity index (χ1v) is 25.8. The quantitative estimate of drug-likeness (QED) is 0.0500. The lowest BCUT2D eigenvalue weighted by Crippen LogP contribution is -2.69. The predicted molar refractivity (Wildman–Crippen MR) is 286 cm³/mol. The third kappa shape index (κ3) is 15.2. The molecule has 0 radical (unpaired) electrons. The number of carbonyl (C=O) groups excluding carboxylic acids is 5. The number of hydrogen-bond donors (Lipinski definition) is 1. The van der Waals surface area contributed by atoms with E-state index in [1.165, 1.54) is 43.3 Å². The summed E-state index contributed by atoms with van der Waals surface area (Å²) in [6.45, 7) is 0.787. The Hall–Kier alpha value is -8.35. The van der Waals surface area contributed by atoms with E-state index in [0.717, 1.165) is 16.7 Å². The molecule has 0 spiro atoms. The third-order valence-electron chi connectivity index (χ3n) is 13.0. The van der Waals surface area contributed by atoms with Crippen molar-refractivity contribution in [3.05, 3.63) is 251 Å². The molecule has 7 aromatic carbocycles. The predicted octanol–water partition coefficient (Wildman–Crippen LogP) is 8.88. The third-order valence-corrected chi connectivity index (χ3v) is 13.0. The lowest BCUT2D eigenvalue weighted by molar-refractivity contribution is -0.351. The molecule has 16 heteroatoms. The molecule has 2 aliphatic heterocycles. The molecule has 0 aliphatic carbocycles. The topological polar surface area (TPSA) is 190 Å². The lowest BCUT2D eigenvalue weighted by atomic mass is 9.94. The maximum atomic E-state index is 14.5. The Balaban J connectivity index is 1.17. The fourth-order valence-corrected chi connectivity index (χ4v) is 9.11. The van der Waals surface area contributed by atoms with Crippen LogP contribution in [0.1, 0.15) is 65.0 Å². The fraction of sp³-hybridized carbons (Fsp3) is 0.254. The highest BCUT2D eigenvalue weighted by atomic mass is 16.8. The van der Waals surface area contributed by atoms with Crippen molar-refractivity contribution in [2.75, 3.05) is 13.2 Å². The fourth-order valence-electron chi connectivity index (χ4n) is 9.11. The van der Waals surface area contributed by atoms with Gasteiger partial charge < -0.3 is 52.7 Å². The molecular formula is C63H59NO15. The summed E-state index contributed by atoms with van der Waals surface area (Å²) in [6, 6.07) is 59.5. The molecule has 9 rings (SSSR count). The second kappa shape index (κ2) is 27.8. The van der Waals surface area contributed by atoms with Crippen LogP contribution in [0.15, 0.2) is 212 Å². The molecule has 0 saturated carbocycles. The van der Waals surface area contributed by atoms with Crippen LogP contribution in [-0.4, -0.2) is 104 Å². The van der Waals surface area contributed by atoms with E-state index in [-0.39, 0.29) is 48.7 Å². The van der Waals surface area contributed by atoms with Crippen molar-refractivity contribution in [3.8, 4) is 0 Å². The summed E-state index contributed by atoms with van der Waals surface area (Å²) < 4.78 is 65.7. The van der Waals surface area contributed by atoms with E-state index in [9.17, 15) is 24.0 Å². The monoisotopic (exact) mass is 1070 g/mol. The summed E-state index contributed by atoms with van der Waals surface area (Å²) >= 11 is 0. The van der Waals surface area contributed by atoms with Crippen molar-refractivity contribution in [3.63, 3.8) is 0 Å². The molecule has 10 atom stereocenters. The van der Waals surface area contributed by atoms with Gasteiger partial charge in [-0.3, -0.25) is 4.79 Å². The number of rotatable bonds is 22. The molecule has 79 heavy (non-hydrogen) atoms. The van der Waals surface area contributed by atoms with E-state index in [0.29, 0.717) is 0 Å². The summed E-state index contributed by atoms with van der Waals surface area (Å²) in [6.07, 6.45) is -13.3. The highest BCUT2D eigenvalue weighted by molar-refractivity contribution is 5.91. The van der Waals surface area contributed by atoms with Gasteiger partial charge in [0, 0.05) is 6.92 Å². The van der Waals surface area contributed by atoms with Gasteiger partial charge >= 0.3 is 23.9 Å². The van der Waals surface area contributed by atoms with Gasteiger partial charge in [0.15, 0.2) is 30.9 Å². The summed E-state index contributed by atoms with van der Waals surface area (Å²) in [7, 11) is 0. The second-order valence-electron chi connectivity index (χ2n) is 18.6. The lowest BCUT2D eigenvalue weighted by Gasteiger charge is -2.49. The van der Waals surface area contributed by atoms with E-state index < -0.39 is 97.7 Å². The average Bonchev–Trinajstić information content (AvgIpc) is 3.58. The summed E-state index contributed by atoms with van der Waals surface area (Å²) in [4.78, 5) is 70.5. The van der Waals surface area contributed by atoms with E-state index in [1.54, 1.807) is 84.9 Å². The van der Waals surface area contributed by atoms with Crippen LogP contribution in [0, 0.1) is 0 Å². The van der Waals surface area contributed by atoms with Crippen molar-refractivity contribution in [1.82, 2.24) is 5.32 Å². The first-order chi connectivity index (χ1) is 38.7. The molecule has 1 amide bonds. The minimum Gasteiger partial charge on any atom is -0.459 e. The van der Waals surface area contributed by atoms with Crippen molar-refractivity contribution < 1.29 is 71.3 Å². The molecular weight excluding hydrogens is 1010 g/mol. The van der Waals surface area contributed by atoms with Gasteiger partial charge in [0.2, 0.25) is 5.91 Å². The highest BCUT2D eigenvalue weighted by Crippen LogP contribution is 2.36. The molecule has 2 fully saturated rings. The van der Waals surface area contributed by atoms with Crippen LogP contribution in [0.5, 0.6) is 0 Å². The Morgan fingerprint density at radius 1 is 0.392 bits per heavy atom. The standard InChI is InChI=1S/C63H59NO15/c1-42(65)64-52-55(71-38-44-25-11-3-12-26-44)53(50(40-70-37-43-23-9-2-10-24-43)74-62(52)73-39-45-27-13-4-14-28-45)79-63-57(78-61(69)49-35-21-8-22-36-49)56(77-60(68)48-33-19-7-20-34-48)54(76-59(67)47-31-17-6-18-32-47)51(75-63)41-72-58(66)46-29-15-5-16-30-46/h2-36,50-57,62-63H,37-41H2,1H3,(H,64,65)/t50-,51-,52-,53-,54+,55-,56+,57-,62+,63+/m1/s1. The van der Waals surface area contributed by atoms with Crippen LogP contribution < -0.4 is 5.32 Å². The first kappa shape index (κ1) is 55.4. The molecule has 0 aromatic heterocycles. The van der Waals surface area contributed by atoms with Crippen molar-refractivity contribution >= 4 is 29.8 Å². The van der Waals surface area contributed by atoms with E-state index in [4.69, 9.17) is 47.4 Å². The zero-order valence-electron chi connectivity index (χ0n) is 43.1. The van der Waals surface area contributed by atoms with Crippen LogP contribution in [0.2, 0.25) is 0 Å². The number of esters is 4. The molecule has 1 N–H and O–H groups in total. The zero-order valence-corrected chi connectivity index (χ0v) is 43.1. The summed E-state index contributed by atoms with van der Waals surface area (Å²) in [5.74, 6) is -3.86. The molecule has 2 saturated heterocycles.